The molecular formula is C21H25NO3. The maximum atomic E-state index is 12.7. The van der Waals surface area contributed by atoms with E-state index in [1.54, 1.807) is 55.6 Å². The molecule has 0 saturated carbocycles. The molecule has 0 heterocycles. The van der Waals surface area contributed by atoms with E-state index in [1.165, 1.54) is 0 Å². The van der Waals surface area contributed by atoms with Crippen LogP contribution in [-0.4, -0.2) is 35.8 Å². The summed E-state index contributed by atoms with van der Waals surface area (Å²) in [4.78, 5) is 27.1. The molecule has 0 aliphatic rings. The summed E-state index contributed by atoms with van der Waals surface area (Å²) in [5.41, 5.74) is 1.69. The molecule has 0 atom stereocenters. The Hall–Kier alpha value is -2.62. The van der Waals surface area contributed by atoms with Crippen LogP contribution in [0.25, 0.3) is 0 Å². The average molecular weight is 339 g/mol. The molecule has 132 valence electrons. The molecule has 0 bridgehead atoms. The molecule has 4 heteroatoms. The minimum atomic E-state index is -0.0949. The molecule has 4 nitrogen and oxygen atoms in total. The molecule has 0 radical (unpaired) electrons. The van der Waals surface area contributed by atoms with Gasteiger partial charge in [-0.25, -0.2) is 0 Å². The van der Waals surface area contributed by atoms with Crippen molar-refractivity contribution in [1.29, 1.82) is 0 Å². The van der Waals surface area contributed by atoms with Gasteiger partial charge < -0.3 is 9.64 Å². The lowest BCUT2D eigenvalue weighted by molar-refractivity contribution is 0.0643. The molecule has 0 fully saturated rings. The highest BCUT2D eigenvalue weighted by molar-refractivity contribution is 6.09. The summed E-state index contributed by atoms with van der Waals surface area (Å²) in [5, 5.41) is 0. The van der Waals surface area contributed by atoms with E-state index in [4.69, 9.17) is 4.74 Å². The summed E-state index contributed by atoms with van der Waals surface area (Å²) >= 11 is 0. The lowest BCUT2D eigenvalue weighted by atomic mass is 10.0. The van der Waals surface area contributed by atoms with Crippen LogP contribution in [0.5, 0.6) is 5.75 Å². The molecule has 0 aliphatic heterocycles. The van der Waals surface area contributed by atoms with Crippen molar-refractivity contribution in [2.24, 2.45) is 0 Å². The van der Waals surface area contributed by atoms with E-state index in [0.29, 0.717) is 22.4 Å². The van der Waals surface area contributed by atoms with Crippen LogP contribution < -0.4 is 4.74 Å². The van der Waals surface area contributed by atoms with E-state index in [2.05, 4.69) is 0 Å². The fourth-order valence-electron chi connectivity index (χ4n) is 2.91. The quantitative estimate of drug-likeness (QED) is 0.742. The zero-order chi connectivity index (χ0) is 18.6. The highest BCUT2D eigenvalue weighted by atomic mass is 16.5. The maximum Gasteiger partial charge on any atom is 0.254 e. The van der Waals surface area contributed by atoms with Gasteiger partial charge in [0.15, 0.2) is 5.78 Å². The van der Waals surface area contributed by atoms with Crippen LogP contribution in [0.1, 0.15) is 54.0 Å². The zero-order valence-corrected chi connectivity index (χ0v) is 15.4. The monoisotopic (exact) mass is 339 g/mol. The Morgan fingerprint density at radius 3 is 1.92 bits per heavy atom. The van der Waals surface area contributed by atoms with Gasteiger partial charge in [0.2, 0.25) is 0 Å². The topological polar surface area (TPSA) is 46.6 Å². The number of ether oxygens (including phenoxy) is 1. The standard InChI is InChI=1S/C21H25NO3/c1-14(2)22(15(3)4)21(24)17-11-9-16(10-12-17)20(23)18-7-6-8-19(13-18)25-5/h6-15H,1-5H3. The number of carbonyl (C=O) groups is 2. The van der Waals surface area contributed by atoms with Crippen LogP contribution in [0.4, 0.5) is 0 Å². The molecule has 0 aromatic heterocycles. The summed E-state index contributed by atoms with van der Waals surface area (Å²) in [6, 6.07) is 14.1. The molecule has 0 N–H and O–H groups in total. The molecular weight excluding hydrogens is 314 g/mol. The van der Waals surface area contributed by atoms with Gasteiger partial charge in [-0.05, 0) is 52.0 Å². The fourth-order valence-corrected chi connectivity index (χ4v) is 2.91. The van der Waals surface area contributed by atoms with Crippen LogP contribution in [-0.2, 0) is 0 Å². The number of hydrogen-bond donors (Lipinski definition) is 0. The number of amides is 1. The van der Waals surface area contributed by atoms with Crippen molar-refractivity contribution in [3.05, 3.63) is 65.2 Å². The summed E-state index contributed by atoms with van der Waals surface area (Å²) in [5.74, 6) is 0.523. The van der Waals surface area contributed by atoms with Crippen LogP contribution in [0, 0.1) is 0 Å². The summed E-state index contributed by atoms with van der Waals surface area (Å²) in [7, 11) is 1.57. The maximum absolute atomic E-state index is 12.7. The van der Waals surface area contributed by atoms with Gasteiger partial charge in [-0.3, -0.25) is 9.59 Å². The van der Waals surface area contributed by atoms with E-state index >= 15 is 0 Å². The number of ketones is 1. The summed E-state index contributed by atoms with van der Waals surface area (Å²) in [6.07, 6.45) is 0. The first-order valence-corrected chi connectivity index (χ1v) is 8.46. The predicted molar refractivity (Wildman–Crippen MR) is 99.3 cm³/mol. The van der Waals surface area contributed by atoms with Gasteiger partial charge in [-0.2, -0.15) is 0 Å². The average Bonchev–Trinajstić information content (AvgIpc) is 2.60. The van der Waals surface area contributed by atoms with E-state index in [9.17, 15) is 9.59 Å². The van der Waals surface area contributed by atoms with Gasteiger partial charge in [0.1, 0.15) is 5.75 Å². The minimum Gasteiger partial charge on any atom is -0.497 e. The van der Waals surface area contributed by atoms with Gasteiger partial charge in [-0.1, -0.05) is 24.3 Å². The predicted octanol–water partition coefficient (Wildman–Crippen LogP) is 4.19. The molecule has 2 aromatic rings. The second kappa shape index (κ2) is 7.97. The Bertz CT molecular complexity index is 740. The van der Waals surface area contributed by atoms with Crippen molar-refractivity contribution in [2.75, 3.05) is 7.11 Å². The third-order valence-corrected chi connectivity index (χ3v) is 4.07. The normalized spacial score (nSPS) is 10.8. The first-order valence-electron chi connectivity index (χ1n) is 8.46. The Kier molecular flexibility index (Phi) is 5.97. The van der Waals surface area contributed by atoms with Crippen molar-refractivity contribution >= 4 is 11.7 Å². The van der Waals surface area contributed by atoms with Crippen LogP contribution in [0.3, 0.4) is 0 Å². The summed E-state index contributed by atoms with van der Waals surface area (Å²) in [6.45, 7) is 7.99. The first-order chi connectivity index (χ1) is 11.8. The number of methoxy groups -OCH3 is 1. The van der Waals surface area contributed by atoms with Gasteiger partial charge in [0.05, 0.1) is 7.11 Å². The SMILES string of the molecule is COc1cccc(C(=O)c2ccc(C(=O)N(C(C)C)C(C)C)cc2)c1. The number of hydrogen-bond acceptors (Lipinski definition) is 3. The van der Waals surface area contributed by atoms with Gasteiger partial charge in [-0.15, -0.1) is 0 Å². The zero-order valence-electron chi connectivity index (χ0n) is 15.4. The van der Waals surface area contributed by atoms with Crippen LogP contribution in [0.15, 0.2) is 48.5 Å². The Labute approximate surface area is 149 Å². The van der Waals surface area contributed by atoms with E-state index in [-0.39, 0.29) is 23.8 Å². The Morgan fingerprint density at radius 2 is 1.40 bits per heavy atom. The van der Waals surface area contributed by atoms with Crippen molar-refractivity contribution in [2.45, 2.75) is 39.8 Å². The van der Waals surface area contributed by atoms with Gasteiger partial charge in [0, 0.05) is 28.8 Å². The van der Waals surface area contributed by atoms with E-state index < -0.39 is 0 Å². The van der Waals surface area contributed by atoms with Gasteiger partial charge in [0.25, 0.3) is 5.91 Å². The smallest absolute Gasteiger partial charge is 0.254 e. The minimum absolute atomic E-state index is 0.0228. The van der Waals surface area contributed by atoms with Crippen molar-refractivity contribution < 1.29 is 14.3 Å². The van der Waals surface area contributed by atoms with Crippen molar-refractivity contribution in [1.82, 2.24) is 4.90 Å². The molecule has 0 aliphatic carbocycles. The second-order valence-corrected chi connectivity index (χ2v) is 6.54. The fraction of sp³-hybridized carbons (Fsp3) is 0.333. The second-order valence-electron chi connectivity index (χ2n) is 6.54. The molecule has 2 aromatic carbocycles. The summed E-state index contributed by atoms with van der Waals surface area (Å²) < 4.78 is 5.16. The molecule has 2 rings (SSSR count). The molecule has 0 spiro atoms. The van der Waals surface area contributed by atoms with Crippen molar-refractivity contribution in [3.8, 4) is 5.75 Å². The highest BCUT2D eigenvalue weighted by Gasteiger charge is 2.21. The third-order valence-electron chi connectivity index (χ3n) is 4.07. The van der Waals surface area contributed by atoms with Crippen LogP contribution >= 0.6 is 0 Å². The third kappa shape index (κ3) is 4.27. The highest BCUT2D eigenvalue weighted by Crippen LogP contribution is 2.18. The van der Waals surface area contributed by atoms with E-state index in [0.717, 1.165) is 0 Å². The Morgan fingerprint density at radius 1 is 0.840 bits per heavy atom. The van der Waals surface area contributed by atoms with E-state index in [1.807, 2.05) is 32.6 Å². The number of carbonyl (C=O) groups excluding carboxylic acids is 2. The number of rotatable bonds is 6. The largest absolute Gasteiger partial charge is 0.497 e. The molecule has 0 unspecified atom stereocenters. The lowest BCUT2D eigenvalue weighted by Gasteiger charge is -2.30. The molecule has 1 amide bonds. The number of benzene rings is 2. The Balaban J connectivity index is 2.24. The first kappa shape index (κ1) is 18.7. The number of nitrogens with zero attached hydrogens (tertiary/aromatic N) is 1. The molecule has 0 saturated heterocycles. The lowest BCUT2D eigenvalue weighted by Crippen LogP contribution is -2.42. The van der Waals surface area contributed by atoms with Gasteiger partial charge >= 0.3 is 0 Å². The van der Waals surface area contributed by atoms with Crippen LogP contribution in [0.2, 0.25) is 0 Å². The van der Waals surface area contributed by atoms with Crippen molar-refractivity contribution in [3.63, 3.8) is 0 Å². The molecule has 25 heavy (non-hydrogen) atoms.